The van der Waals surface area contributed by atoms with Gasteiger partial charge >= 0.3 is 0 Å². The molecular formula is C59H50N3OPt-. The van der Waals surface area contributed by atoms with E-state index in [1.807, 2.05) is 24.4 Å². The second kappa shape index (κ2) is 16.5. The largest absolute Gasteiger partial charge is 0.507 e. The van der Waals surface area contributed by atoms with Crippen LogP contribution in [0, 0.1) is 13.0 Å². The maximum absolute atomic E-state index is 11.7. The number of nitrogens with zero attached hydrogens (tertiary/aromatic N) is 3. The first-order chi connectivity index (χ1) is 30.3. The van der Waals surface area contributed by atoms with Crippen molar-refractivity contribution in [2.45, 2.75) is 59.3 Å². The zero-order valence-electron chi connectivity index (χ0n) is 37.3. The molecule has 1 N–H and O–H groups in total. The average Bonchev–Trinajstić information content (AvgIpc) is 3.67. The Labute approximate surface area is 390 Å². The Morgan fingerprint density at radius 1 is 0.531 bits per heavy atom. The summed E-state index contributed by atoms with van der Waals surface area (Å²) in [5.41, 5.74) is 16.1. The molecule has 0 aliphatic heterocycles. The van der Waals surface area contributed by atoms with Crippen LogP contribution >= 0.6 is 0 Å². The van der Waals surface area contributed by atoms with Gasteiger partial charge in [-0.3, -0.25) is 9.55 Å². The molecule has 0 atom stereocenters. The maximum Gasteiger partial charge on any atom is 0.148 e. The molecule has 0 radical (unpaired) electrons. The molecule has 2 heterocycles. The molecule has 10 rings (SSSR count). The molecule has 0 saturated heterocycles. The van der Waals surface area contributed by atoms with E-state index in [-0.39, 0.29) is 37.6 Å². The number of benzene rings is 8. The van der Waals surface area contributed by atoms with Crippen LogP contribution in [-0.2, 0) is 31.9 Å². The molecule has 64 heavy (non-hydrogen) atoms. The fourth-order valence-corrected chi connectivity index (χ4v) is 9.12. The number of aromatic hydroxyl groups is 1. The topological polar surface area (TPSA) is 50.9 Å². The van der Waals surface area contributed by atoms with Gasteiger partial charge in [0.1, 0.15) is 11.6 Å². The number of hydrogen-bond donors (Lipinski definition) is 1. The van der Waals surface area contributed by atoms with Crippen molar-refractivity contribution in [2.24, 2.45) is 0 Å². The van der Waals surface area contributed by atoms with Crippen LogP contribution in [0.1, 0.15) is 58.2 Å². The molecular weight excluding hydrogens is 962 g/mol. The summed E-state index contributed by atoms with van der Waals surface area (Å²) in [5.74, 6) is 0.857. The van der Waals surface area contributed by atoms with E-state index in [1.54, 1.807) is 0 Å². The van der Waals surface area contributed by atoms with E-state index in [4.69, 9.17) is 9.97 Å². The Morgan fingerprint density at radius 3 is 1.91 bits per heavy atom. The van der Waals surface area contributed by atoms with Crippen molar-refractivity contribution in [3.63, 3.8) is 0 Å². The average molecular weight is 1010 g/mol. The monoisotopic (exact) mass is 1010 g/mol. The van der Waals surface area contributed by atoms with Crippen LogP contribution in [0.15, 0.2) is 170 Å². The minimum Gasteiger partial charge on any atom is -0.507 e. The molecule has 0 unspecified atom stereocenters. The number of fused-ring (bicyclic) bond motifs is 3. The van der Waals surface area contributed by atoms with Crippen LogP contribution in [0.5, 0.6) is 5.75 Å². The van der Waals surface area contributed by atoms with Gasteiger partial charge in [0.25, 0.3) is 0 Å². The first kappa shape index (κ1) is 42.7. The summed E-state index contributed by atoms with van der Waals surface area (Å²) in [4.78, 5) is 10.6. The molecule has 0 spiro atoms. The van der Waals surface area contributed by atoms with Gasteiger partial charge in [0.2, 0.25) is 0 Å². The zero-order valence-corrected chi connectivity index (χ0v) is 39.5. The summed E-state index contributed by atoms with van der Waals surface area (Å²) < 4.78 is 2.23. The normalized spacial score (nSPS) is 11.9. The number of phenols is 1. The Balaban J connectivity index is 0.00000518. The Hall–Kier alpha value is -6.61. The number of phenolic OH excluding ortho intramolecular Hbond substituents is 1. The molecule has 318 valence electrons. The number of imidazole rings is 1. The van der Waals surface area contributed by atoms with Gasteiger partial charge in [-0.15, -0.1) is 35.4 Å². The molecule has 0 saturated carbocycles. The summed E-state index contributed by atoms with van der Waals surface area (Å²) in [6.45, 7) is 15.5. The second-order valence-electron chi connectivity index (χ2n) is 18.8. The molecule has 8 aromatic carbocycles. The number of aromatic nitrogens is 3. The third-order valence-electron chi connectivity index (χ3n) is 12.5. The van der Waals surface area contributed by atoms with E-state index in [1.165, 1.54) is 33.0 Å². The van der Waals surface area contributed by atoms with Crippen molar-refractivity contribution >= 4 is 32.7 Å². The van der Waals surface area contributed by atoms with E-state index >= 15 is 0 Å². The fourth-order valence-electron chi connectivity index (χ4n) is 9.12. The fraction of sp³-hybridized carbons (Fsp3) is 0.153. The van der Waals surface area contributed by atoms with Gasteiger partial charge in [0.05, 0.1) is 16.6 Å². The van der Waals surface area contributed by atoms with E-state index in [0.717, 1.165) is 66.6 Å². The molecule has 0 fully saturated rings. The van der Waals surface area contributed by atoms with Gasteiger partial charge < -0.3 is 5.11 Å². The summed E-state index contributed by atoms with van der Waals surface area (Å²) in [5, 5.41) is 15.2. The molecule has 0 amide bonds. The van der Waals surface area contributed by atoms with Gasteiger partial charge in [-0.1, -0.05) is 162 Å². The van der Waals surface area contributed by atoms with Crippen LogP contribution in [0.3, 0.4) is 0 Å². The Bertz CT molecular complexity index is 3360. The third-order valence-corrected chi connectivity index (χ3v) is 12.5. The van der Waals surface area contributed by atoms with Gasteiger partial charge in [0, 0.05) is 43.9 Å². The first-order valence-corrected chi connectivity index (χ1v) is 21.8. The minimum atomic E-state index is -0.146. The second-order valence-corrected chi connectivity index (χ2v) is 18.8. The van der Waals surface area contributed by atoms with Crippen molar-refractivity contribution in [1.82, 2.24) is 14.5 Å². The molecule has 0 bridgehead atoms. The predicted octanol–water partition coefficient (Wildman–Crippen LogP) is 15.5. The van der Waals surface area contributed by atoms with Crippen LogP contribution in [0.25, 0.3) is 94.3 Å². The van der Waals surface area contributed by atoms with Crippen molar-refractivity contribution < 1.29 is 26.2 Å². The molecule has 0 aliphatic rings. The molecule has 2 aromatic heterocycles. The minimum absolute atomic E-state index is 0. The Kier molecular flexibility index (Phi) is 11.0. The van der Waals surface area contributed by atoms with Gasteiger partial charge in [-0.2, -0.15) is 0 Å². The van der Waals surface area contributed by atoms with Crippen molar-refractivity contribution in [2.75, 3.05) is 0 Å². The van der Waals surface area contributed by atoms with Gasteiger partial charge in [-0.05, 0) is 104 Å². The first-order valence-electron chi connectivity index (χ1n) is 21.8. The summed E-state index contributed by atoms with van der Waals surface area (Å²) in [6, 6.07) is 61.7. The quantitative estimate of drug-likeness (QED) is 0.169. The van der Waals surface area contributed by atoms with Crippen LogP contribution < -0.4 is 0 Å². The maximum atomic E-state index is 11.7. The zero-order chi connectivity index (χ0) is 43.6. The predicted molar refractivity (Wildman–Crippen MR) is 264 cm³/mol. The molecule has 5 heteroatoms. The molecule has 0 aliphatic carbocycles. The van der Waals surface area contributed by atoms with Crippen LogP contribution in [-0.4, -0.2) is 19.6 Å². The van der Waals surface area contributed by atoms with Gasteiger partial charge in [-0.25, -0.2) is 4.98 Å². The summed E-state index contributed by atoms with van der Waals surface area (Å²) >= 11 is 0. The smallest absolute Gasteiger partial charge is 0.148 e. The van der Waals surface area contributed by atoms with Crippen molar-refractivity contribution in [3.8, 4) is 67.3 Å². The Morgan fingerprint density at radius 2 is 1.17 bits per heavy atom. The number of pyridine rings is 1. The van der Waals surface area contributed by atoms with E-state index in [0.29, 0.717) is 11.4 Å². The van der Waals surface area contributed by atoms with E-state index in [9.17, 15) is 5.11 Å². The van der Waals surface area contributed by atoms with E-state index < -0.39 is 0 Å². The number of rotatable bonds is 6. The number of aryl methyl sites for hydroxylation is 1. The summed E-state index contributed by atoms with van der Waals surface area (Å²) in [6.07, 6.45) is 1.88. The van der Waals surface area contributed by atoms with Gasteiger partial charge in [0.15, 0.2) is 0 Å². The van der Waals surface area contributed by atoms with E-state index in [2.05, 4.69) is 205 Å². The standard InChI is InChI=1S/C59H50N3O.Pt/c1-37-32-49(55-48(24-15-31-60-55)54(37)39-17-9-8-10-18-39)40-20-13-21-41(33-40)50-34-42(47-23-14-19-38-16-11-12-22-46(38)47)35-52-56(50)61-57(51-36-44(59(5,6)7)27-30-53(51)63)62(52)45-28-25-43(26-29-45)58(2,3)4;/h8-32,34-36,63H,1-7H3;/q-1;. The van der Waals surface area contributed by atoms with Crippen LogP contribution in [0.2, 0.25) is 0 Å². The van der Waals surface area contributed by atoms with Crippen LogP contribution in [0.4, 0.5) is 0 Å². The number of hydrogen-bond acceptors (Lipinski definition) is 3. The third kappa shape index (κ3) is 7.65. The molecule has 10 aromatic rings. The SMILES string of the molecule is Cc1cc(-c2[c-]c(-c3cc(-c4cccc5ccccc45)cc4c3nc(-c3cc(C(C)(C)C)ccc3O)n4-c3ccc(C(C)(C)C)cc3)ccc2)c2ncccc2c1-c1ccccc1.[Pt]. The van der Waals surface area contributed by atoms with Crippen molar-refractivity contribution in [3.05, 3.63) is 193 Å². The summed E-state index contributed by atoms with van der Waals surface area (Å²) in [7, 11) is 0. The van der Waals surface area contributed by atoms with Crippen molar-refractivity contribution in [1.29, 1.82) is 0 Å². The molecule has 4 nitrogen and oxygen atoms in total.